The van der Waals surface area contributed by atoms with E-state index in [1.807, 2.05) is 37.3 Å². The third-order valence-corrected chi connectivity index (χ3v) is 6.06. The Bertz CT molecular complexity index is 911. The maximum absolute atomic E-state index is 13.0. The minimum absolute atomic E-state index is 0.0159. The summed E-state index contributed by atoms with van der Waals surface area (Å²) in [4.78, 5) is 47.5. The van der Waals surface area contributed by atoms with E-state index in [2.05, 4.69) is 4.98 Å². The van der Waals surface area contributed by atoms with Crippen LogP contribution >= 0.6 is 0 Å². The number of amides is 3. The molecule has 3 heterocycles. The minimum atomic E-state index is -0.314. The molecule has 0 spiro atoms. The van der Waals surface area contributed by atoms with E-state index in [-0.39, 0.29) is 36.1 Å². The largest absolute Gasteiger partial charge is 0.339 e. The van der Waals surface area contributed by atoms with Gasteiger partial charge in [0, 0.05) is 57.1 Å². The smallest absolute Gasteiger partial charge is 0.254 e. The summed E-state index contributed by atoms with van der Waals surface area (Å²) in [5.41, 5.74) is 1.68. The third kappa shape index (κ3) is 4.06. The second kappa shape index (κ2) is 8.65. The summed E-state index contributed by atoms with van der Waals surface area (Å²) in [7, 11) is 0. The summed E-state index contributed by atoms with van der Waals surface area (Å²) in [6, 6.07) is 13.2. The molecule has 2 aliphatic rings. The topological polar surface area (TPSA) is 73.8 Å². The van der Waals surface area contributed by atoms with E-state index in [0.29, 0.717) is 38.3 Å². The highest BCUT2D eigenvalue weighted by Crippen LogP contribution is 2.29. The fourth-order valence-corrected chi connectivity index (χ4v) is 4.25. The van der Waals surface area contributed by atoms with Crippen molar-refractivity contribution < 1.29 is 14.4 Å². The highest BCUT2D eigenvalue weighted by atomic mass is 16.2. The van der Waals surface area contributed by atoms with Crippen LogP contribution in [-0.2, 0) is 9.59 Å². The van der Waals surface area contributed by atoms with E-state index in [9.17, 15) is 14.4 Å². The van der Waals surface area contributed by atoms with E-state index < -0.39 is 0 Å². The number of hydrogen-bond acceptors (Lipinski definition) is 4. The summed E-state index contributed by atoms with van der Waals surface area (Å²) in [5, 5.41) is 0. The van der Waals surface area contributed by atoms with Gasteiger partial charge in [-0.3, -0.25) is 19.4 Å². The van der Waals surface area contributed by atoms with Crippen molar-refractivity contribution in [1.29, 1.82) is 0 Å². The van der Waals surface area contributed by atoms with Crippen LogP contribution < -0.4 is 0 Å². The number of carbonyl (C=O) groups excluding carboxylic acids is 3. The van der Waals surface area contributed by atoms with Gasteiger partial charge in [-0.2, -0.15) is 0 Å². The molecule has 1 aromatic heterocycles. The van der Waals surface area contributed by atoms with Crippen LogP contribution in [0.15, 0.2) is 54.9 Å². The average Bonchev–Trinajstić information content (AvgIpc) is 3.20. The Morgan fingerprint density at radius 2 is 1.60 bits per heavy atom. The highest BCUT2D eigenvalue weighted by molar-refractivity contribution is 5.94. The number of carbonyl (C=O) groups is 3. The van der Waals surface area contributed by atoms with Crippen LogP contribution in [0, 0.1) is 5.92 Å². The lowest BCUT2D eigenvalue weighted by molar-refractivity contribution is -0.137. The van der Waals surface area contributed by atoms with Gasteiger partial charge < -0.3 is 14.7 Å². The first-order chi connectivity index (χ1) is 14.5. The van der Waals surface area contributed by atoms with E-state index in [4.69, 9.17) is 0 Å². The van der Waals surface area contributed by atoms with Gasteiger partial charge in [0.05, 0.1) is 12.0 Å². The number of likely N-dealkylation sites (tertiary alicyclic amines) is 1. The predicted octanol–water partition coefficient (Wildman–Crippen LogP) is 1.98. The number of hydrogen-bond donors (Lipinski definition) is 0. The van der Waals surface area contributed by atoms with E-state index in [1.54, 1.807) is 39.2 Å². The lowest BCUT2D eigenvalue weighted by Gasteiger charge is -2.36. The number of piperazine rings is 1. The second-order valence-corrected chi connectivity index (χ2v) is 7.89. The molecule has 2 aliphatic heterocycles. The lowest BCUT2D eigenvalue weighted by atomic mass is 10.1. The Balaban J connectivity index is 1.33. The molecule has 2 fully saturated rings. The van der Waals surface area contributed by atoms with E-state index in [1.165, 1.54) is 0 Å². The molecule has 0 N–H and O–H groups in total. The Morgan fingerprint density at radius 3 is 2.27 bits per heavy atom. The number of aromatic nitrogens is 1. The van der Waals surface area contributed by atoms with Gasteiger partial charge in [0.25, 0.3) is 5.91 Å². The van der Waals surface area contributed by atoms with Gasteiger partial charge in [-0.05, 0) is 24.6 Å². The molecular formula is C23H26N4O3. The molecule has 0 aliphatic carbocycles. The lowest BCUT2D eigenvalue weighted by Crippen LogP contribution is -2.52. The first kappa shape index (κ1) is 20.1. The number of rotatable bonds is 4. The molecule has 0 bridgehead atoms. The molecule has 0 saturated carbocycles. The standard InChI is InChI=1S/C23H26N4O3/c1-17(18-5-3-2-4-6-18)27-16-20(15-21(27)28)23(30)26-13-11-25(12-14-26)22(29)19-7-9-24-10-8-19/h2-10,17,20H,11-16H2,1H3. The third-order valence-electron chi connectivity index (χ3n) is 6.06. The van der Waals surface area contributed by atoms with Crippen molar-refractivity contribution >= 4 is 17.7 Å². The molecule has 2 unspecified atom stereocenters. The fraction of sp³-hybridized carbons (Fsp3) is 0.391. The van der Waals surface area contributed by atoms with Crippen LogP contribution in [0.25, 0.3) is 0 Å². The Kier molecular flexibility index (Phi) is 5.79. The van der Waals surface area contributed by atoms with Gasteiger partial charge in [0.1, 0.15) is 0 Å². The molecule has 1 aromatic carbocycles. The first-order valence-electron chi connectivity index (χ1n) is 10.4. The second-order valence-electron chi connectivity index (χ2n) is 7.89. The Hall–Kier alpha value is -3.22. The van der Waals surface area contributed by atoms with Gasteiger partial charge in [-0.25, -0.2) is 0 Å². The van der Waals surface area contributed by atoms with Crippen molar-refractivity contribution in [3.63, 3.8) is 0 Å². The molecule has 2 atom stereocenters. The van der Waals surface area contributed by atoms with Crippen LogP contribution in [-0.4, -0.2) is 70.1 Å². The summed E-state index contributed by atoms with van der Waals surface area (Å²) >= 11 is 0. The Morgan fingerprint density at radius 1 is 0.967 bits per heavy atom. The quantitative estimate of drug-likeness (QED) is 0.778. The average molecular weight is 406 g/mol. The van der Waals surface area contributed by atoms with Gasteiger partial charge in [-0.15, -0.1) is 0 Å². The van der Waals surface area contributed by atoms with Crippen molar-refractivity contribution in [2.75, 3.05) is 32.7 Å². The van der Waals surface area contributed by atoms with Gasteiger partial charge >= 0.3 is 0 Å². The molecule has 2 aromatic rings. The fourth-order valence-electron chi connectivity index (χ4n) is 4.25. The number of benzene rings is 1. The van der Waals surface area contributed by atoms with Crippen molar-refractivity contribution in [1.82, 2.24) is 19.7 Å². The van der Waals surface area contributed by atoms with Crippen LogP contribution in [0.2, 0.25) is 0 Å². The predicted molar refractivity (Wildman–Crippen MR) is 111 cm³/mol. The van der Waals surface area contributed by atoms with Crippen LogP contribution in [0.3, 0.4) is 0 Å². The summed E-state index contributed by atoms with van der Waals surface area (Å²) < 4.78 is 0. The normalized spacial score (nSPS) is 20.4. The zero-order valence-corrected chi connectivity index (χ0v) is 17.1. The number of nitrogens with zero attached hydrogens (tertiary/aromatic N) is 4. The van der Waals surface area contributed by atoms with Crippen molar-refractivity contribution in [2.45, 2.75) is 19.4 Å². The summed E-state index contributed by atoms with van der Waals surface area (Å²) in [6.07, 6.45) is 3.46. The monoisotopic (exact) mass is 406 g/mol. The molecule has 3 amide bonds. The molecular weight excluding hydrogens is 380 g/mol. The van der Waals surface area contributed by atoms with Crippen molar-refractivity contribution in [3.8, 4) is 0 Å². The van der Waals surface area contributed by atoms with Crippen LogP contribution in [0.4, 0.5) is 0 Å². The summed E-state index contributed by atoms with van der Waals surface area (Å²) in [6.45, 7) is 4.44. The molecule has 7 nitrogen and oxygen atoms in total. The van der Waals surface area contributed by atoms with E-state index in [0.717, 1.165) is 5.56 Å². The minimum Gasteiger partial charge on any atom is -0.339 e. The molecule has 156 valence electrons. The summed E-state index contributed by atoms with van der Waals surface area (Å²) in [5.74, 6) is -0.312. The van der Waals surface area contributed by atoms with Crippen molar-refractivity contribution in [3.05, 3.63) is 66.0 Å². The van der Waals surface area contributed by atoms with Gasteiger partial charge in [0.2, 0.25) is 11.8 Å². The zero-order chi connectivity index (χ0) is 21.1. The molecule has 0 radical (unpaired) electrons. The molecule has 30 heavy (non-hydrogen) atoms. The zero-order valence-electron chi connectivity index (χ0n) is 17.1. The maximum atomic E-state index is 13.0. The molecule has 4 rings (SSSR count). The van der Waals surface area contributed by atoms with Gasteiger partial charge in [-0.1, -0.05) is 30.3 Å². The number of pyridine rings is 1. The van der Waals surface area contributed by atoms with Crippen LogP contribution in [0.5, 0.6) is 0 Å². The maximum Gasteiger partial charge on any atom is 0.254 e. The van der Waals surface area contributed by atoms with Gasteiger partial charge in [0.15, 0.2) is 0 Å². The molecule has 7 heteroatoms. The SMILES string of the molecule is CC(c1ccccc1)N1CC(C(=O)N2CCN(C(=O)c3ccncc3)CC2)CC1=O. The van der Waals surface area contributed by atoms with Crippen molar-refractivity contribution in [2.24, 2.45) is 5.92 Å². The highest BCUT2D eigenvalue weighted by Gasteiger charge is 2.39. The first-order valence-corrected chi connectivity index (χ1v) is 10.4. The Labute approximate surface area is 176 Å². The van der Waals surface area contributed by atoms with E-state index >= 15 is 0 Å². The molecule has 2 saturated heterocycles. The van der Waals surface area contributed by atoms with Crippen LogP contribution in [0.1, 0.15) is 35.3 Å².